The van der Waals surface area contributed by atoms with Crippen LogP contribution < -0.4 is 5.32 Å². The minimum atomic E-state index is -0.0814. The number of nitrogens with zero attached hydrogens (tertiary/aromatic N) is 1. The highest BCUT2D eigenvalue weighted by Crippen LogP contribution is 2.19. The van der Waals surface area contributed by atoms with Crippen molar-refractivity contribution in [2.75, 3.05) is 5.32 Å². The number of hydrogen-bond acceptors (Lipinski definition) is 2. The van der Waals surface area contributed by atoms with E-state index >= 15 is 0 Å². The monoisotopic (exact) mass is 175 g/mol. The first-order valence-corrected chi connectivity index (χ1v) is 3.97. The van der Waals surface area contributed by atoms with Gasteiger partial charge in [-0.05, 0) is 6.07 Å². The van der Waals surface area contributed by atoms with Crippen LogP contribution in [0.5, 0.6) is 0 Å². The SMILES string of the molecule is CC(=O)Nc1cccc2cn[nH]c12. The van der Waals surface area contributed by atoms with Gasteiger partial charge in [0.05, 0.1) is 17.4 Å². The topological polar surface area (TPSA) is 57.8 Å². The highest BCUT2D eigenvalue weighted by molar-refractivity contribution is 5.99. The summed E-state index contributed by atoms with van der Waals surface area (Å²) in [5.74, 6) is -0.0814. The average molecular weight is 175 g/mol. The van der Waals surface area contributed by atoms with Crippen molar-refractivity contribution in [1.29, 1.82) is 0 Å². The van der Waals surface area contributed by atoms with Crippen molar-refractivity contribution in [2.24, 2.45) is 0 Å². The zero-order valence-electron chi connectivity index (χ0n) is 7.16. The van der Waals surface area contributed by atoms with Gasteiger partial charge in [-0.2, -0.15) is 5.10 Å². The molecule has 4 heteroatoms. The molecule has 0 unspecified atom stereocenters. The summed E-state index contributed by atoms with van der Waals surface area (Å²) in [5.41, 5.74) is 1.63. The Labute approximate surface area is 75.0 Å². The van der Waals surface area contributed by atoms with Gasteiger partial charge in [0.15, 0.2) is 0 Å². The van der Waals surface area contributed by atoms with Crippen molar-refractivity contribution in [3.8, 4) is 0 Å². The summed E-state index contributed by atoms with van der Waals surface area (Å²) in [6, 6.07) is 5.65. The van der Waals surface area contributed by atoms with Gasteiger partial charge in [-0.1, -0.05) is 12.1 Å². The number of nitrogens with one attached hydrogen (secondary N) is 2. The maximum atomic E-state index is 10.8. The number of fused-ring (bicyclic) bond motifs is 1. The summed E-state index contributed by atoms with van der Waals surface area (Å²) in [6.45, 7) is 1.48. The highest BCUT2D eigenvalue weighted by Gasteiger charge is 2.02. The van der Waals surface area contributed by atoms with Crippen molar-refractivity contribution in [1.82, 2.24) is 10.2 Å². The Morgan fingerprint density at radius 2 is 2.38 bits per heavy atom. The third-order valence-electron chi connectivity index (χ3n) is 1.79. The molecule has 0 saturated carbocycles. The van der Waals surface area contributed by atoms with Gasteiger partial charge < -0.3 is 5.32 Å². The predicted octanol–water partition coefficient (Wildman–Crippen LogP) is 1.52. The molecule has 4 nitrogen and oxygen atoms in total. The molecule has 0 spiro atoms. The smallest absolute Gasteiger partial charge is 0.221 e. The molecule has 0 radical (unpaired) electrons. The lowest BCUT2D eigenvalue weighted by Crippen LogP contribution is -2.05. The number of anilines is 1. The second-order valence-corrected chi connectivity index (χ2v) is 2.82. The van der Waals surface area contributed by atoms with Gasteiger partial charge in [-0.25, -0.2) is 0 Å². The Morgan fingerprint density at radius 1 is 1.54 bits per heavy atom. The van der Waals surface area contributed by atoms with E-state index in [1.54, 1.807) is 6.20 Å². The van der Waals surface area contributed by atoms with Crippen LogP contribution in [0.25, 0.3) is 10.9 Å². The molecule has 0 aliphatic heterocycles. The number of carbonyl (C=O) groups is 1. The highest BCUT2D eigenvalue weighted by atomic mass is 16.1. The van der Waals surface area contributed by atoms with Crippen molar-refractivity contribution < 1.29 is 4.79 Å². The molecule has 2 N–H and O–H groups in total. The van der Waals surface area contributed by atoms with Gasteiger partial charge in [0.25, 0.3) is 0 Å². The fourth-order valence-corrected chi connectivity index (χ4v) is 1.26. The normalized spacial score (nSPS) is 10.2. The molecular weight excluding hydrogens is 166 g/mol. The van der Waals surface area contributed by atoms with E-state index in [1.807, 2.05) is 18.2 Å². The van der Waals surface area contributed by atoms with E-state index < -0.39 is 0 Å². The van der Waals surface area contributed by atoms with Gasteiger partial charge in [0, 0.05) is 12.3 Å². The second-order valence-electron chi connectivity index (χ2n) is 2.82. The minimum absolute atomic E-state index is 0.0814. The minimum Gasteiger partial charge on any atom is -0.324 e. The maximum Gasteiger partial charge on any atom is 0.221 e. The van der Waals surface area contributed by atoms with Gasteiger partial charge in [-0.3, -0.25) is 9.89 Å². The lowest BCUT2D eigenvalue weighted by Gasteiger charge is -2.01. The van der Waals surface area contributed by atoms with E-state index in [0.29, 0.717) is 0 Å². The number of amides is 1. The molecule has 1 heterocycles. The number of benzene rings is 1. The molecule has 0 aliphatic carbocycles. The number of rotatable bonds is 1. The number of hydrogen-bond donors (Lipinski definition) is 2. The fraction of sp³-hybridized carbons (Fsp3) is 0.111. The van der Waals surface area contributed by atoms with Crippen molar-refractivity contribution in [2.45, 2.75) is 6.92 Å². The lowest BCUT2D eigenvalue weighted by atomic mass is 10.2. The average Bonchev–Trinajstić information content (AvgIpc) is 2.51. The fourth-order valence-electron chi connectivity index (χ4n) is 1.26. The molecule has 66 valence electrons. The first-order chi connectivity index (χ1) is 6.27. The zero-order chi connectivity index (χ0) is 9.26. The Kier molecular flexibility index (Phi) is 1.73. The first kappa shape index (κ1) is 7.79. The molecule has 1 aromatic carbocycles. The van der Waals surface area contributed by atoms with Crippen molar-refractivity contribution in [3.05, 3.63) is 24.4 Å². The summed E-state index contributed by atoms with van der Waals surface area (Å²) >= 11 is 0. The first-order valence-electron chi connectivity index (χ1n) is 3.97. The van der Waals surface area contributed by atoms with E-state index in [4.69, 9.17) is 0 Å². The van der Waals surface area contributed by atoms with Crippen LogP contribution in [0.2, 0.25) is 0 Å². The van der Waals surface area contributed by atoms with Crippen molar-refractivity contribution in [3.63, 3.8) is 0 Å². The van der Waals surface area contributed by atoms with E-state index in [1.165, 1.54) is 6.92 Å². The van der Waals surface area contributed by atoms with Crippen LogP contribution in [-0.2, 0) is 4.79 Å². The Hall–Kier alpha value is -1.84. The molecule has 0 aliphatic rings. The largest absolute Gasteiger partial charge is 0.324 e. The molecular formula is C9H9N3O. The van der Waals surface area contributed by atoms with Crippen LogP contribution in [0.1, 0.15) is 6.92 Å². The van der Waals surface area contributed by atoms with Crippen LogP contribution in [0.15, 0.2) is 24.4 Å². The molecule has 2 aromatic rings. The molecule has 0 fully saturated rings. The Bertz CT molecular complexity index is 447. The van der Waals surface area contributed by atoms with E-state index in [9.17, 15) is 4.79 Å². The lowest BCUT2D eigenvalue weighted by molar-refractivity contribution is -0.114. The molecule has 0 atom stereocenters. The number of carbonyl (C=O) groups excluding carboxylic acids is 1. The standard InChI is InChI=1S/C9H9N3O/c1-6(13)11-8-4-2-3-7-5-10-12-9(7)8/h2-5H,1H3,(H,10,12)(H,11,13). The third-order valence-corrected chi connectivity index (χ3v) is 1.79. The quantitative estimate of drug-likeness (QED) is 0.690. The van der Waals surface area contributed by atoms with Crippen molar-refractivity contribution >= 4 is 22.5 Å². The molecule has 0 bridgehead atoms. The number of aromatic nitrogens is 2. The summed E-state index contributed by atoms with van der Waals surface area (Å²) in [7, 11) is 0. The summed E-state index contributed by atoms with van der Waals surface area (Å²) < 4.78 is 0. The summed E-state index contributed by atoms with van der Waals surface area (Å²) in [6.07, 6.45) is 1.72. The molecule has 2 rings (SSSR count). The summed E-state index contributed by atoms with van der Waals surface area (Å²) in [5, 5.41) is 10.4. The Morgan fingerprint density at radius 3 is 3.15 bits per heavy atom. The molecule has 0 saturated heterocycles. The van der Waals surface area contributed by atoms with Gasteiger partial charge in [0.2, 0.25) is 5.91 Å². The van der Waals surface area contributed by atoms with Gasteiger partial charge in [0.1, 0.15) is 0 Å². The number of H-pyrrole nitrogens is 1. The van der Waals surface area contributed by atoms with Gasteiger partial charge in [-0.15, -0.1) is 0 Å². The van der Waals surface area contributed by atoms with Crippen LogP contribution in [0.3, 0.4) is 0 Å². The number of aromatic amines is 1. The zero-order valence-corrected chi connectivity index (χ0v) is 7.16. The van der Waals surface area contributed by atoms with Crippen LogP contribution in [0, 0.1) is 0 Å². The number of para-hydroxylation sites is 1. The molecule has 1 aromatic heterocycles. The molecule has 13 heavy (non-hydrogen) atoms. The van der Waals surface area contributed by atoms with E-state index in [2.05, 4.69) is 15.5 Å². The predicted molar refractivity (Wildman–Crippen MR) is 50.4 cm³/mol. The second kappa shape index (κ2) is 2.90. The third kappa shape index (κ3) is 1.38. The van der Waals surface area contributed by atoms with E-state index in [0.717, 1.165) is 16.6 Å². The van der Waals surface area contributed by atoms with Crippen LogP contribution in [0.4, 0.5) is 5.69 Å². The van der Waals surface area contributed by atoms with Crippen LogP contribution in [-0.4, -0.2) is 16.1 Å². The maximum absolute atomic E-state index is 10.8. The van der Waals surface area contributed by atoms with Gasteiger partial charge >= 0.3 is 0 Å². The summed E-state index contributed by atoms with van der Waals surface area (Å²) in [4.78, 5) is 10.8. The molecule has 1 amide bonds. The Balaban J connectivity index is 2.54. The van der Waals surface area contributed by atoms with E-state index in [-0.39, 0.29) is 5.91 Å². The van der Waals surface area contributed by atoms with Crippen LogP contribution >= 0.6 is 0 Å².